The van der Waals surface area contributed by atoms with Crippen molar-refractivity contribution in [3.63, 3.8) is 0 Å². The Morgan fingerprint density at radius 3 is 2.65 bits per heavy atom. The molecule has 0 aromatic heterocycles. The number of ether oxygens (including phenoxy) is 1. The lowest BCUT2D eigenvalue weighted by atomic mass is 10.1. The number of carbonyl (C=O) groups is 1. The molecule has 0 atom stereocenters. The second-order valence-electron chi connectivity index (χ2n) is 5.29. The van der Waals surface area contributed by atoms with Crippen molar-refractivity contribution in [2.75, 3.05) is 0 Å². The molecule has 0 spiro atoms. The second kappa shape index (κ2) is 8.73. The molecular formula is C19H21IO2S. The lowest BCUT2D eigenvalue weighted by Crippen LogP contribution is -2.02. The van der Waals surface area contributed by atoms with Crippen LogP contribution in [0.1, 0.15) is 37.0 Å². The fraction of sp³-hybridized carbons (Fsp3) is 0.316. The zero-order valence-electron chi connectivity index (χ0n) is 13.7. The molecule has 4 heteroatoms. The van der Waals surface area contributed by atoms with E-state index in [0.717, 1.165) is 31.8 Å². The summed E-state index contributed by atoms with van der Waals surface area (Å²) in [5.74, 6) is 0.902. The van der Waals surface area contributed by atoms with Gasteiger partial charge in [-0.15, -0.1) is 0 Å². The van der Waals surface area contributed by atoms with E-state index in [9.17, 15) is 4.79 Å². The molecule has 2 aromatic carbocycles. The third kappa shape index (κ3) is 4.98. The van der Waals surface area contributed by atoms with Crippen LogP contribution >= 0.6 is 34.4 Å². The Balaban J connectivity index is 2.18. The summed E-state index contributed by atoms with van der Waals surface area (Å²) in [6, 6.07) is 12.3. The summed E-state index contributed by atoms with van der Waals surface area (Å²) >= 11 is 3.61. The van der Waals surface area contributed by atoms with Crippen LogP contribution in [-0.4, -0.2) is 5.12 Å². The standard InChI is InChI=1S/C19H21IO2S/c1-4-14-9-10-17(13(3)11-14)22-12-15-16(20)7-6-8-18(15)23-19(21)5-2/h6-11H,4-5,12H2,1-3H3. The number of halogens is 1. The van der Waals surface area contributed by atoms with Crippen LogP contribution < -0.4 is 4.74 Å². The van der Waals surface area contributed by atoms with Gasteiger partial charge >= 0.3 is 0 Å². The van der Waals surface area contributed by atoms with E-state index in [4.69, 9.17) is 4.74 Å². The van der Waals surface area contributed by atoms with Crippen LogP contribution in [0.5, 0.6) is 5.75 Å². The van der Waals surface area contributed by atoms with Crippen molar-refractivity contribution in [1.82, 2.24) is 0 Å². The first-order chi connectivity index (χ1) is 11.0. The van der Waals surface area contributed by atoms with Gasteiger partial charge in [0.15, 0.2) is 5.12 Å². The van der Waals surface area contributed by atoms with Crippen molar-refractivity contribution < 1.29 is 9.53 Å². The first kappa shape index (κ1) is 18.3. The summed E-state index contributed by atoms with van der Waals surface area (Å²) in [4.78, 5) is 12.8. The van der Waals surface area contributed by atoms with Crippen LogP contribution in [0.25, 0.3) is 0 Å². The molecule has 0 radical (unpaired) electrons. The van der Waals surface area contributed by atoms with Crippen molar-refractivity contribution in [2.24, 2.45) is 0 Å². The van der Waals surface area contributed by atoms with Gasteiger partial charge in [-0.3, -0.25) is 4.79 Å². The highest BCUT2D eigenvalue weighted by Gasteiger charge is 2.12. The minimum atomic E-state index is 0.178. The fourth-order valence-corrected chi connectivity index (χ4v) is 3.88. The number of hydrogen-bond donors (Lipinski definition) is 0. The minimum absolute atomic E-state index is 0.178. The predicted octanol–water partition coefficient (Wildman–Crippen LogP) is 5.77. The summed E-state index contributed by atoms with van der Waals surface area (Å²) in [7, 11) is 0. The number of hydrogen-bond acceptors (Lipinski definition) is 3. The van der Waals surface area contributed by atoms with Crippen LogP contribution in [0.4, 0.5) is 0 Å². The van der Waals surface area contributed by atoms with Gasteiger partial charge in [-0.2, -0.15) is 0 Å². The van der Waals surface area contributed by atoms with Crippen LogP contribution in [0, 0.1) is 10.5 Å². The molecule has 0 saturated carbocycles. The van der Waals surface area contributed by atoms with Crippen molar-refractivity contribution >= 4 is 39.5 Å². The number of carbonyl (C=O) groups excluding carboxylic acids is 1. The Bertz CT molecular complexity index is 698. The zero-order chi connectivity index (χ0) is 16.8. The summed E-state index contributed by atoms with van der Waals surface area (Å²) < 4.78 is 7.15. The predicted molar refractivity (Wildman–Crippen MR) is 105 cm³/mol. The molecule has 23 heavy (non-hydrogen) atoms. The lowest BCUT2D eigenvalue weighted by molar-refractivity contribution is -0.110. The van der Waals surface area contributed by atoms with Gasteiger partial charge in [0.25, 0.3) is 0 Å². The largest absolute Gasteiger partial charge is 0.489 e. The van der Waals surface area contributed by atoms with E-state index in [2.05, 4.69) is 48.6 Å². The van der Waals surface area contributed by atoms with Gasteiger partial charge in [0.1, 0.15) is 12.4 Å². The minimum Gasteiger partial charge on any atom is -0.489 e. The molecule has 0 amide bonds. The molecule has 0 bridgehead atoms. The number of aryl methyl sites for hydroxylation is 2. The molecule has 2 rings (SSSR count). The Morgan fingerprint density at radius 2 is 2.00 bits per heavy atom. The van der Waals surface area contributed by atoms with Gasteiger partial charge in [-0.1, -0.05) is 43.8 Å². The third-order valence-electron chi connectivity index (χ3n) is 3.61. The summed E-state index contributed by atoms with van der Waals surface area (Å²) in [5.41, 5.74) is 3.54. The lowest BCUT2D eigenvalue weighted by Gasteiger charge is -2.14. The molecule has 0 aliphatic carbocycles. The van der Waals surface area contributed by atoms with Crippen molar-refractivity contribution in [1.29, 1.82) is 0 Å². The molecule has 0 fully saturated rings. The Labute approximate surface area is 156 Å². The Hall–Kier alpha value is -1.01. The first-order valence-corrected chi connectivity index (χ1v) is 9.65. The average molecular weight is 440 g/mol. The van der Waals surface area contributed by atoms with Crippen molar-refractivity contribution in [3.05, 3.63) is 56.7 Å². The van der Waals surface area contributed by atoms with Crippen molar-refractivity contribution in [2.45, 2.75) is 45.1 Å². The smallest absolute Gasteiger partial charge is 0.193 e. The normalized spacial score (nSPS) is 10.6. The summed E-state index contributed by atoms with van der Waals surface area (Å²) in [5, 5.41) is 0.178. The van der Waals surface area contributed by atoms with E-state index in [0.29, 0.717) is 13.0 Å². The Kier molecular flexibility index (Phi) is 6.96. The van der Waals surface area contributed by atoms with E-state index in [1.165, 1.54) is 17.3 Å². The SMILES string of the molecule is CCC(=O)Sc1cccc(I)c1COc1ccc(CC)cc1C. The maximum Gasteiger partial charge on any atom is 0.193 e. The Morgan fingerprint density at radius 1 is 1.22 bits per heavy atom. The molecule has 0 aliphatic heterocycles. The van der Waals surface area contributed by atoms with Gasteiger partial charge in [-0.05, 0) is 65.3 Å². The topological polar surface area (TPSA) is 26.3 Å². The molecule has 2 nitrogen and oxygen atoms in total. The number of benzene rings is 2. The molecule has 2 aromatic rings. The van der Waals surface area contributed by atoms with Gasteiger partial charge in [0.2, 0.25) is 0 Å². The van der Waals surface area contributed by atoms with Gasteiger partial charge in [0, 0.05) is 20.4 Å². The van der Waals surface area contributed by atoms with E-state index >= 15 is 0 Å². The molecule has 0 saturated heterocycles. The highest BCUT2D eigenvalue weighted by atomic mass is 127. The molecule has 0 aliphatic rings. The highest BCUT2D eigenvalue weighted by molar-refractivity contribution is 14.1. The number of rotatable bonds is 6. The fourth-order valence-electron chi connectivity index (χ4n) is 2.21. The molecule has 0 N–H and O–H groups in total. The van der Waals surface area contributed by atoms with E-state index in [1.54, 1.807) is 0 Å². The number of thioether (sulfide) groups is 1. The van der Waals surface area contributed by atoms with Gasteiger partial charge in [0.05, 0.1) is 0 Å². The maximum atomic E-state index is 11.8. The van der Waals surface area contributed by atoms with Gasteiger partial charge in [-0.25, -0.2) is 0 Å². The molecule has 0 unspecified atom stereocenters. The van der Waals surface area contributed by atoms with E-state index in [-0.39, 0.29) is 5.12 Å². The van der Waals surface area contributed by atoms with Crippen LogP contribution in [-0.2, 0) is 17.8 Å². The quantitative estimate of drug-likeness (QED) is 0.422. The molecule has 122 valence electrons. The van der Waals surface area contributed by atoms with E-state index < -0.39 is 0 Å². The third-order valence-corrected chi connectivity index (χ3v) is 5.74. The zero-order valence-corrected chi connectivity index (χ0v) is 16.7. The summed E-state index contributed by atoms with van der Waals surface area (Å²) in [6.07, 6.45) is 1.56. The van der Waals surface area contributed by atoms with Crippen LogP contribution in [0.2, 0.25) is 0 Å². The highest BCUT2D eigenvalue weighted by Crippen LogP contribution is 2.30. The van der Waals surface area contributed by atoms with Gasteiger partial charge < -0.3 is 4.74 Å². The van der Waals surface area contributed by atoms with Crippen molar-refractivity contribution in [3.8, 4) is 5.75 Å². The first-order valence-electron chi connectivity index (χ1n) is 7.75. The van der Waals surface area contributed by atoms with E-state index in [1.807, 2.05) is 31.2 Å². The van der Waals surface area contributed by atoms with Crippen LogP contribution in [0.15, 0.2) is 41.3 Å². The molecular weight excluding hydrogens is 419 g/mol. The summed E-state index contributed by atoms with van der Waals surface area (Å²) in [6.45, 7) is 6.58. The van der Waals surface area contributed by atoms with Crippen LogP contribution in [0.3, 0.4) is 0 Å². The molecule has 0 heterocycles. The monoisotopic (exact) mass is 440 g/mol. The second-order valence-corrected chi connectivity index (χ2v) is 7.55. The average Bonchev–Trinajstić information content (AvgIpc) is 2.55. The maximum absolute atomic E-state index is 11.8.